The van der Waals surface area contributed by atoms with Crippen molar-refractivity contribution in [2.24, 2.45) is 5.92 Å². The smallest absolute Gasteiger partial charge is 0.311 e. The maximum atomic E-state index is 12.0. The second-order valence-corrected chi connectivity index (χ2v) is 8.93. The highest BCUT2D eigenvalue weighted by Gasteiger charge is 2.20. The van der Waals surface area contributed by atoms with Gasteiger partial charge in [-0.1, -0.05) is 65.2 Å². The van der Waals surface area contributed by atoms with Gasteiger partial charge in [-0.2, -0.15) is 0 Å². The molecule has 0 N–H and O–H groups in total. The minimum atomic E-state index is -0.155. The van der Waals surface area contributed by atoms with E-state index in [1.165, 1.54) is 62.6 Å². The van der Waals surface area contributed by atoms with Crippen molar-refractivity contribution >= 4 is 5.97 Å². The first-order valence-electron chi connectivity index (χ1n) is 12.4. The lowest BCUT2D eigenvalue weighted by molar-refractivity contribution is -0.134. The van der Waals surface area contributed by atoms with Crippen LogP contribution >= 0.6 is 0 Å². The first-order chi connectivity index (χ1) is 15.2. The highest BCUT2D eigenvalue weighted by atomic mass is 16.5. The van der Waals surface area contributed by atoms with E-state index in [9.17, 15) is 4.79 Å². The predicted molar refractivity (Wildman–Crippen MR) is 126 cm³/mol. The summed E-state index contributed by atoms with van der Waals surface area (Å²) in [5.41, 5.74) is 3.49. The third-order valence-electron chi connectivity index (χ3n) is 6.30. The fourth-order valence-corrected chi connectivity index (χ4v) is 4.38. The SMILES string of the molecule is CCCCCCC(=O)Oc1ccc(-c2ncc3c(n2)CCC(CCCCCC)C3)cc1. The molecule has 168 valence electrons. The fraction of sp³-hybridized carbons (Fsp3) is 0.593. The first kappa shape index (κ1) is 23.4. The van der Waals surface area contributed by atoms with E-state index in [0.29, 0.717) is 12.2 Å². The molecule has 31 heavy (non-hydrogen) atoms. The Labute approximate surface area is 187 Å². The van der Waals surface area contributed by atoms with Crippen LogP contribution in [0.25, 0.3) is 11.4 Å². The largest absolute Gasteiger partial charge is 0.427 e. The normalized spacial score (nSPS) is 15.5. The van der Waals surface area contributed by atoms with Gasteiger partial charge in [-0.25, -0.2) is 9.97 Å². The number of ether oxygens (including phenoxy) is 1. The molecule has 0 saturated carbocycles. The van der Waals surface area contributed by atoms with Gasteiger partial charge in [0.2, 0.25) is 0 Å². The molecule has 0 fully saturated rings. The summed E-state index contributed by atoms with van der Waals surface area (Å²) in [6.45, 7) is 4.43. The van der Waals surface area contributed by atoms with Crippen molar-refractivity contribution in [3.63, 3.8) is 0 Å². The molecule has 0 saturated heterocycles. The third-order valence-corrected chi connectivity index (χ3v) is 6.30. The molecule has 4 nitrogen and oxygen atoms in total. The van der Waals surface area contributed by atoms with Crippen LogP contribution in [0.4, 0.5) is 0 Å². The monoisotopic (exact) mass is 422 g/mol. The van der Waals surface area contributed by atoms with E-state index in [2.05, 4.69) is 18.8 Å². The van der Waals surface area contributed by atoms with Gasteiger partial charge in [0.15, 0.2) is 5.82 Å². The Hall–Kier alpha value is -2.23. The molecule has 1 unspecified atom stereocenters. The van der Waals surface area contributed by atoms with Crippen LogP contribution in [0.15, 0.2) is 30.5 Å². The van der Waals surface area contributed by atoms with Crippen LogP contribution in [0.1, 0.15) is 95.7 Å². The molecule has 1 heterocycles. The summed E-state index contributed by atoms with van der Waals surface area (Å²) in [6.07, 6.45) is 16.9. The van der Waals surface area contributed by atoms with Gasteiger partial charge in [0.05, 0.1) is 0 Å². The van der Waals surface area contributed by atoms with Crippen LogP contribution in [0.2, 0.25) is 0 Å². The van der Waals surface area contributed by atoms with Crippen LogP contribution in [0.5, 0.6) is 5.75 Å². The van der Waals surface area contributed by atoms with E-state index in [0.717, 1.165) is 43.0 Å². The maximum Gasteiger partial charge on any atom is 0.311 e. The van der Waals surface area contributed by atoms with Crippen molar-refractivity contribution in [1.82, 2.24) is 9.97 Å². The number of hydrogen-bond acceptors (Lipinski definition) is 4. The molecular weight excluding hydrogens is 384 g/mol. The van der Waals surface area contributed by atoms with Crippen molar-refractivity contribution in [1.29, 1.82) is 0 Å². The first-order valence-corrected chi connectivity index (χ1v) is 12.4. The Morgan fingerprint density at radius 2 is 1.74 bits per heavy atom. The Balaban J connectivity index is 1.52. The van der Waals surface area contributed by atoms with Gasteiger partial charge < -0.3 is 4.74 Å². The molecule has 1 aliphatic rings. The minimum absolute atomic E-state index is 0.155. The highest BCUT2D eigenvalue weighted by molar-refractivity contribution is 5.72. The fourth-order valence-electron chi connectivity index (χ4n) is 4.38. The summed E-state index contributed by atoms with van der Waals surface area (Å²) in [6, 6.07) is 7.57. The molecule has 1 aromatic heterocycles. The number of unbranched alkanes of at least 4 members (excludes halogenated alkanes) is 6. The second-order valence-electron chi connectivity index (χ2n) is 8.93. The second kappa shape index (κ2) is 12.6. The summed E-state index contributed by atoms with van der Waals surface area (Å²) < 4.78 is 5.46. The zero-order valence-electron chi connectivity index (χ0n) is 19.4. The highest BCUT2D eigenvalue weighted by Crippen LogP contribution is 2.29. The van der Waals surface area contributed by atoms with E-state index >= 15 is 0 Å². The van der Waals surface area contributed by atoms with Crippen molar-refractivity contribution in [3.8, 4) is 17.1 Å². The van der Waals surface area contributed by atoms with Crippen molar-refractivity contribution < 1.29 is 9.53 Å². The molecule has 3 rings (SSSR count). The van der Waals surface area contributed by atoms with Gasteiger partial charge in [0, 0.05) is 23.9 Å². The topological polar surface area (TPSA) is 52.1 Å². The molecule has 0 amide bonds. The average Bonchev–Trinajstić information content (AvgIpc) is 2.80. The predicted octanol–water partition coefficient (Wildman–Crippen LogP) is 7.09. The van der Waals surface area contributed by atoms with E-state index in [1.54, 1.807) is 0 Å². The number of benzene rings is 1. The molecule has 1 aliphatic carbocycles. The summed E-state index contributed by atoms with van der Waals surface area (Å²) in [5.74, 6) is 1.98. The molecule has 1 atom stereocenters. The number of carbonyl (C=O) groups excluding carboxylic acids is 1. The third kappa shape index (κ3) is 7.45. The van der Waals surface area contributed by atoms with Gasteiger partial charge in [-0.3, -0.25) is 4.79 Å². The van der Waals surface area contributed by atoms with E-state index < -0.39 is 0 Å². The quantitative estimate of drug-likeness (QED) is 0.208. The lowest BCUT2D eigenvalue weighted by Crippen LogP contribution is -2.16. The molecule has 0 radical (unpaired) electrons. The van der Waals surface area contributed by atoms with Crippen LogP contribution < -0.4 is 4.74 Å². The van der Waals surface area contributed by atoms with Crippen molar-refractivity contribution in [2.45, 2.75) is 97.3 Å². The van der Waals surface area contributed by atoms with Crippen molar-refractivity contribution in [2.75, 3.05) is 0 Å². The van der Waals surface area contributed by atoms with Crippen LogP contribution in [-0.4, -0.2) is 15.9 Å². The number of hydrogen-bond donors (Lipinski definition) is 0. The Morgan fingerprint density at radius 1 is 1.00 bits per heavy atom. The number of rotatable bonds is 12. The molecule has 1 aromatic carbocycles. The van der Waals surface area contributed by atoms with Gasteiger partial charge in [0.25, 0.3) is 0 Å². The average molecular weight is 423 g/mol. The molecule has 0 bridgehead atoms. The minimum Gasteiger partial charge on any atom is -0.427 e. The van der Waals surface area contributed by atoms with Gasteiger partial charge >= 0.3 is 5.97 Å². The number of carbonyl (C=O) groups is 1. The van der Waals surface area contributed by atoms with E-state index in [-0.39, 0.29) is 5.97 Å². The number of nitrogens with zero attached hydrogens (tertiary/aromatic N) is 2. The molecular formula is C27H38N2O2. The molecule has 0 aliphatic heterocycles. The summed E-state index contributed by atoms with van der Waals surface area (Å²) in [4.78, 5) is 21.5. The van der Waals surface area contributed by atoms with E-state index in [4.69, 9.17) is 9.72 Å². The van der Waals surface area contributed by atoms with Gasteiger partial charge in [0.1, 0.15) is 5.75 Å². The molecule has 0 spiro atoms. The molecule has 4 heteroatoms. The number of aromatic nitrogens is 2. The zero-order chi connectivity index (χ0) is 21.9. The van der Waals surface area contributed by atoms with Crippen LogP contribution in [0, 0.1) is 5.92 Å². The Morgan fingerprint density at radius 3 is 2.48 bits per heavy atom. The maximum absolute atomic E-state index is 12.0. The van der Waals surface area contributed by atoms with Crippen LogP contribution in [-0.2, 0) is 17.6 Å². The standard InChI is InChI=1S/C27H38N2O2/c1-3-5-7-9-11-21-13-18-25-23(19-21)20-28-27(29-25)22-14-16-24(17-15-22)31-26(30)12-10-8-6-4-2/h14-17,20-21H,3-13,18-19H2,1-2H3. The Bertz CT molecular complexity index is 816. The van der Waals surface area contributed by atoms with Crippen LogP contribution in [0.3, 0.4) is 0 Å². The number of esters is 1. The summed E-state index contributed by atoms with van der Waals surface area (Å²) in [7, 11) is 0. The van der Waals surface area contributed by atoms with E-state index in [1.807, 2.05) is 30.5 Å². The molecule has 2 aromatic rings. The van der Waals surface area contributed by atoms with Crippen molar-refractivity contribution in [3.05, 3.63) is 41.7 Å². The zero-order valence-corrected chi connectivity index (χ0v) is 19.4. The number of fused-ring (bicyclic) bond motifs is 1. The Kier molecular flexibility index (Phi) is 9.51. The lowest BCUT2D eigenvalue weighted by Gasteiger charge is -2.24. The lowest BCUT2D eigenvalue weighted by atomic mass is 9.84. The number of aryl methyl sites for hydroxylation is 1. The summed E-state index contributed by atoms with van der Waals surface area (Å²) >= 11 is 0. The van der Waals surface area contributed by atoms with Gasteiger partial charge in [-0.05, 0) is 61.4 Å². The van der Waals surface area contributed by atoms with Gasteiger partial charge in [-0.15, -0.1) is 0 Å². The summed E-state index contributed by atoms with van der Waals surface area (Å²) in [5, 5.41) is 0.